The molecule has 1 aliphatic rings. The molecule has 2 aromatic heterocycles. The van der Waals surface area contributed by atoms with Gasteiger partial charge in [-0.1, -0.05) is 43.2 Å². The molecule has 1 aliphatic carbocycles. The molecule has 1 N–H and O–H groups in total. The highest BCUT2D eigenvalue weighted by atomic mass is 32.2. The first kappa shape index (κ1) is 21.5. The normalized spacial score (nSPS) is 14.3. The molecule has 9 heteroatoms. The molecule has 2 heterocycles. The second-order valence-corrected chi connectivity index (χ2v) is 9.18. The van der Waals surface area contributed by atoms with Crippen LogP contribution in [0.2, 0.25) is 0 Å². The topological polar surface area (TPSA) is 96.7 Å². The minimum Gasteiger partial charge on any atom is -0.461 e. The molecular weight excluding hydrogens is 430 g/mol. The van der Waals surface area contributed by atoms with Gasteiger partial charge in [0.1, 0.15) is 0 Å². The van der Waals surface area contributed by atoms with Crippen LogP contribution in [-0.4, -0.2) is 32.2 Å². The van der Waals surface area contributed by atoms with Crippen LogP contribution in [0.1, 0.15) is 38.1 Å². The third-order valence-electron chi connectivity index (χ3n) is 5.13. The van der Waals surface area contributed by atoms with E-state index in [4.69, 9.17) is 9.68 Å². The van der Waals surface area contributed by atoms with Crippen molar-refractivity contribution in [1.82, 2.24) is 14.8 Å². The first-order chi connectivity index (χ1) is 15.3. The fourth-order valence-electron chi connectivity index (χ4n) is 3.74. The minimum atomic E-state index is -0.118. The number of aromatic nitrogens is 3. The van der Waals surface area contributed by atoms with E-state index in [1.807, 2.05) is 36.4 Å². The molecule has 7 nitrogen and oxygen atoms in total. The molecule has 0 radical (unpaired) electrons. The van der Waals surface area contributed by atoms with Crippen LogP contribution in [0.5, 0.6) is 0 Å². The Morgan fingerprint density at radius 3 is 2.77 bits per heavy atom. The standard InChI is InChI=1S/C22H23N5O2S2/c23-12-14-30-19-11-5-4-9-17(19)24-20(28)15-31-22-26-25-21(18-10-6-13-29-18)27(22)16-7-2-1-3-8-16/h4-6,9-11,13,16H,1-3,7-8,14-15H2,(H,24,28). The van der Waals surface area contributed by atoms with Crippen molar-refractivity contribution in [3.05, 3.63) is 42.7 Å². The molecule has 0 atom stereocenters. The largest absolute Gasteiger partial charge is 0.461 e. The fourth-order valence-corrected chi connectivity index (χ4v) is 5.21. The summed E-state index contributed by atoms with van der Waals surface area (Å²) in [4.78, 5) is 13.5. The summed E-state index contributed by atoms with van der Waals surface area (Å²) in [5.74, 6) is 1.85. The highest BCUT2D eigenvalue weighted by Gasteiger charge is 2.25. The van der Waals surface area contributed by atoms with Gasteiger partial charge in [0, 0.05) is 10.9 Å². The number of nitrogens with one attached hydrogen (secondary N) is 1. The Hall–Kier alpha value is -2.70. The predicted octanol–water partition coefficient (Wildman–Crippen LogP) is 5.39. The lowest BCUT2D eigenvalue weighted by atomic mass is 9.95. The Morgan fingerprint density at radius 1 is 1.16 bits per heavy atom. The van der Waals surface area contributed by atoms with E-state index in [1.165, 1.54) is 42.8 Å². The minimum absolute atomic E-state index is 0.118. The van der Waals surface area contributed by atoms with E-state index in [9.17, 15) is 4.79 Å². The van der Waals surface area contributed by atoms with E-state index in [0.717, 1.165) is 34.4 Å². The van der Waals surface area contributed by atoms with E-state index >= 15 is 0 Å². The summed E-state index contributed by atoms with van der Waals surface area (Å²) in [6.07, 6.45) is 7.41. The lowest BCUT2D eigenvalue weighted by Crippen LogP contribution is -2.17. The maximum atomic E-state index is 12.7. The summed E-state index contributed by atoms with van der Waals surface area (Å²) in [5.41, 5.74) is 0.721. The van der Waals surface area contributed by atoms with Gasteiger partial charge in [-0.25, -0.2) is 0 Å². The van der Waals surface area contributed by atoms with Crippen molar-refractivity contribution in [3.63, 3.8) is 0 Å². The molecule has 4 rings (SSSR count). The van der Waals surface area contributed by atoms with Crippen molar-refractivity contribution in [2.45, 2.75) is 48.2 Å². The number of thioether (sulfide) groups is 2. The Morgan fingerprint density at radius 2 is 2.00 bits per heavy atom. The smallest absolute Gasteiger partial charge is 0.234 e. The number of carbonyl (C=O) groups is 1. The van der Waals surface area contributed by atoms with Crippen LogP contribution >= 0.6 is 23.5 Å². The Bertz CT molecular complexity index is 1050. The molecule has 1 aromatic carbocycles. The summed E-state index contributed by atoms with van der Waals surface area (Å²) in [5, 5.41) is 21.3. The van der Waals surface area contributed by atoms with Crippen LogP contribution in [0.15, 0.2) is 57.1 Å². The van der Waals surface area contributed by atoms with Gasteiger partial charge in [0.15, 0.2) is 10.9 Å². The quantitative estimate of drug-likeness (QED) is 0.457. The third-order valence-corrected chi connectivity index (χ3v) is 7.02. The van der Waals surface area contributed by atoms with Gasteiger partial charge in [-0.05, 0) is 37.1 Å². The van der Waals surface area contributed by atoms with Crippen molar-refractivity contribution < 1.29 is 9.21 Å². The number of anilines is 1. The van der Waals surface area contributed by atoms with E-state index < -0.39 is 0 Å². The van der Waals surface area contributed by atoms with Crippen molar-refractivity contribution >= 4 is 35.1 Å². The fraction of sp³-hybridized carbons (Fsp3) is 0.364. The van der Waals surface area contributed by atoms with Crippen LogP contribution < -0.4 is 5.32 Å². The highest BCUT2D eigenvalue weighted by Crippen LogP contribution is 2.36. The van der Waals surface area contributed by atoms with Crippen LogP contribution in [0.25, 0.3) is 11.6 Å². The number of nitriles is 1. The number of rotatable bonds is 8. The Balaban J connectivity index is 1.47. The van der Waals surface area contributed by atoms with Gasteiger partial charge in [0.05, 0.1) is 29.5 Å². The molecule has 160 valence electrons. The number of hydrogen-bond donors (Lipinski definition) is 1. The monoisotopic (exact) mass is 453 g/mol. The molecule has 0 spiro atoms. The van der Waals surface area contributed by atoms with Crippen LogP contribution in [0.3, 0.4) is 0 Å². The van der Waals surface area contributed by atoms with Gasteiger partial charge in [-0.2, -0.15) is 5.26 Å². The second-order valence-electron chi connectivity index (χ2n) is 7.23. The molecule has 0 bridgehead atoms. The number of benzene rings is 1. The van der Waals surface area contributed by atoms with Gasteiger partial charge in [0.2, 0.25) is 11.7 Å². The number of hydrogen-bond acceptors (Lipinski definition) is 7. The first-order valence-corrected chi connectivity index (χ1v) is 12.2. The molecule has 0 unspecified atom stereocenters. The molecule has 0 saturated heterocycles. The summed E-state index contributed by atoms with van der Waals surface area (Å²) in [7, 11) is 0. The first-order valence-electron chi connectivity index (χ1n) is 10.3. The molecule has 31 heavy (non-hydrogen) atoms. The maximum absolute atomic E-state index is 12.7. The highest BCUT2D eigenvalue weighted by molar-refractivity contribution is 8.00. The van der Waals surface area contributed by atoms with E-state index in [2.05, 4.69) is 26.2 Å². The molecule has 1 saturated carbocycles. The SMILES string of the molecule is N#CCSc1ccccc1NC(=O)CSc1nnc(-c2ccco2)n1C1CCCCC1. The summed E-state index contributed by atoms with van der Waals surface area (Å²) in [6.45, 7) is 0. The number of nitrogens with zero attached hydrogens (tertiary/aromatic N) is 4. The van der Waals surface area contributed by atoms with Gasteiger partial charge < -0.3 is 9.73 Å². The van der Waals surface area contributed by atoms with Crippen molar-refractivity contribution in [1.29, 1.82) is 5.26 Å². The van der Waals surface area contributed by atoms with Gasteiger partial charge in [-0.3, -0.25) is 9.36 Å². The van der Waals surface area contributed by atoms with Crippen molar-refractivity contribution in [3.8, 4) is 17.7 Å². The number of amides is 1. The van der Waals surface area contributed by atoms with Gasteiger partial charge in [-0.15, -0.1) is 22.0 Å². The van der Waals surface area contributed by atoms with Gasteiger partial charge >= 0.3 is 0 Å². The summed E-state index contributed by atoms with van der Waals surface area (Å²) < 4.78 is 7.72. The lowest BCUT2D eigenvalue weighted by molar-refractivity contribution is -0.113. The average Bonchev–Trinajstić information content (AvgIpc) is 3.47. The number of para-hydroxylation sites is 1. The summed E-state index contributed by atoms with van der Waals surface area (Å²) >= 11 is 2.79. The molecular formula is C22H23N5O2S2. The van der Waals surface area contributed by atoms with Crippen LogP contribution in [0, 0.1) is 11.3 Å². The second kappa shape index (κ2) is 10.6. The van der Waals surface area contributed by atoms with E-state index in [1.54, 1.807) is 6.26 Å². The van der Waals surface area contributed by atoms with Crippen molar-refractivity contribution in [2.24, 2.45) is 0 Å². The zero-order valence-electron chi connectivity index (χ0n) is 17.0. The van der Waals surface area contributed by atoms with Crippen LogP contribution in [0.4, 0.5) is 5.69 Å². The van der Waals surface area contributed by atoms with Crippen molar-refractivity contribution in [2.75, 3.05) is 16.8 Å². The molecule has 3 aromatic rings. The zero-order chi connectivity index (χ0) is 21.5. The van der Waals surface area contributed by atoms with E-state index in [0.29, 0.717) is 17.6 Å². The maximum Gasteiger partial charge on any atom is 0.234 e. The number of furan rings is 1. The van der Waals surface area contributed by atoms with Gasteiger partial charge in [0.25, 0.3) is 0 Å². The third kappa shape index (κ3) is 5.32. The molecule has 1 amide bonds. The molecule has 1 fully saturated rings. The van der Waals surface area contributed by atoms with Crippen LogP contribution in [-0.2, 0) is 4.79 Å². The summed E-state index contributed by atoms with van der Waals surface area (Å²) in [6, 6.07) is 13.7. The zero-order valence-corrected chi connectivity index (χ0v) is 18.6. The molecule has 0 aliphatic heterocycles. The average molecular weight is 454 g/mol. The number of carbonyl (C=O) groups excluding carboxylic acids is 1. The lowest BCUT2D eigenvalue weighted by Gasteiger charge is -2.25. The van der Waals surface area contributed by atoms with E-state index in [-0.39, 0.29) is 11.7 Å². The predicted molar refractivity (Wildman–Crippen MR) is 122 cm³/mol. The Labute approximate surface area is 189 Å². The Kier molecular flexibility index (Phi) is 7.33.